The summed E-state index contributed by atoms with van der Waals surface area (Å²) in [4.78, 5) is 27.7. The number of carbonyl (C=O) groups is 2. The van der Waals surface area contributed by atoms with E-state index in [9.17, 15) is 14.0 Å². The first-order chi connectivity index (χ1) is 12.9. The maximum Gasteiger partial charge on any atom is 0.256 e. The minimum atomic E-state index is -0.403. The summed E-state index contributed by atoms with van der Waals surface area (Å²) in [7, 11) is 0. The lowest BCUT2D eigenvalue weighted by atomic mass is 10.0. The number of H-pyrrole nitrogens is 1. The second-order valence-electron chi connectivity index (χ2n) is 6.12. The van der Waals surface area contributed by atoms with Crippen molar-refractivity contribution in [2.45, 2.75) is 41.0 Å². The van der Waals surface area contributed by atoms with Gasteiger partial charge in [0, 0.05) is 29.2 Å². The van der Waals surface area contributed by atoms with Crippen molar-refractivity contribution in [3.8, 4) is 0 Å². The van der Waals surface area contributed by atoms with Crippen LogP contribution in [0, 0.1) is 19.7 Å². The summed E-state index contributed by atoms with van der Waals surface area (Å²) >= 11 is 0. The molecule has 0 saturated heterocycles. The Morgan fingerprint density at radius 1 is 1.26 bits per heavy atom. The Morgan fingerprint density at radius 3 is 2.63 bits per heavy atom. The van der Waals surface area contributed by atoms with Crippen LogP contribution < -0.4 is 10.6 Å². The molecule has 2 amide bonds. The van der Waals surface area contributed by atoms with Gasteiger partial charge < -0.3 is 15.6 Å². The van der Waals surface area contributed by atoms with Crippen molar-refractivity contribution >= 4 is 29.2 Å². The van der Waals surface area contributed by atoms with E-state index in [2.05, 4.69) is 15.6 Å². The van der Waals surface area contributed by atoms with E-state index in [1.54, 1.807) is 12.1 Å². The number of nitrogens with one attached hydrogen (secondary N) is 3. The van der Waals surface area contributed by atoms with Gasteiger partial charge in [0.1, 0.15) is 5.82 Å². The van der Waals surface area contributed by atoms with Crippen molar-refractivity contribution in [3.63, 3.8) is 0 Å². The summed E-state index contributed by atoms with van der Waals surface area (Å²) in [5.74, 6) is -0.829. The number of carbonyl (C=O) groups excluding carboxylic acids is 2. The molecule has 5 nitrogen and oxygen atoms in total. The average molecular weight is 371 g/mol. The molecule has 144 valence electrons. The van der Waals surface area contributed by atoms with Crippen molar-refractivity contribution in [2.75, 3.05) is 11.9 Å². The number of benzene rings is 1. The van der Waals surface area contributed by atoms with Crippen LogP contribution in [0.1, 0.15) is 60.1 Å². The number of amides is 2. The third-order valence-corrected chi connectivity index (χ3v) is 4.29. The van der Waals surface area contributed by atoms with Crippen LogP contribution in [0.2, 0.25) is 0 Å². The van der Waals surface area contributed by atoms with Gasteiger partial charge in [0.25, 0.3) is 11.8 Å². The first-order valence-electron chi connectivity index (χ1n) is 9.22. The van der Waals surface area contributed by atoms with Gasteiger partial charge in [-0.15, -0.1) is 0 Å². The number of aromatic amines is 1. The van der Waals surface area contributed by atoms with Crippen molar-refractivity contribution in [2.24, 2.45) is 0 Å². The molecular weight excluding hydrogens is 345 g/mol. The maximum absolute atomic E-state index is 13.5. The highest BCUT2D eigenvalue weighted by Crippen LogP contribution is 2.34. The predicted molar refractivity (Wildman–Crippen MR) is 107 cm³/mol. The fraction of sp³-hybridized carbons (Fsp3) is 0.333. The molecule has 3 N–H and O–H groups in total. The van der Waals surface area contributed by atoms with Crippen LogP contribution in [0.25, 0.3) is 11.6 Å². The van der Waals surface area contributed by atoms with E-state index in [0.29, 0.717) is 34.6 Å². The number of aryl methyl sites for hydroxylation is 1. The third kappa shape index (κ3) is 4.10. The number of anilines is 1. The molecule has 2 aromatic rings. The molecule has 3 rings (SSSR count). The zero-order valence-corrected chi connectivity index (χ0v) is 16.4. The van der Waals surface area contributed by atoms with Gasteiger partial charge in [-0.2, -0.15) is 0 Å². The molecule has 0 atom stereocenters. The molecule has 0 fully saturated rings. The zero-order chi connectivity index (χ0) is 20.1. The van der Waals surface area contributed by atoms with E-state index >= 15 is 0 Å². The number of hydrogen-bond donors (Lipinski definition) is 3. The van der Waals surface area contributed by atoms with E-state index in [-0.39, 0.29) is 11.8 Å². The largest absolute Gasteiger partial charge is 0.358 e. The lowest BCUT2D eigenvalue weighted by molar-refractivity contribution is -0.110. The van der Waals surface area contributed by atoms with E-state index in [1.165, 1.54) is 12.1 Å². The highest BCUT2D eigenvalue weighted by atomic mass is 19.1. The summed E-state index contributed by atoms with van der Waals surface area (Å²) in [6.07, 6.45) is 2.52. The Morgan fingerprint density at radius 2 is 1.96 bits per heavy atom. The summed E-state index contributed by atoms with van der Waals surface area (Å²) in [6.45, 7) is 10.2. The van der Waals surface area contributed by atoms with E-state index in [4.69, 9.17) is 0 Å². The molecule has 6 heteroatoms. The Balaban J connectivity index is 0.00000126. The highest BCUT2D eigenvalue weighted by molar-refractivity contribution is 6.34. The lowest BCUT2D eigenvalue weighted by Crippen LogP contribution is -2.24. The quantitative estimate of drug-likeness (QED) is 0.696. The van der Waals surface area contributed by atoms with Gasteiger partial charge in [-0.3, -0.25) is 9.59 Å². The van der Waals surface area contributed by atoms with Crippen molar-refractivity contribution in [1.82, 2.24) is 10.3 Å². The predicted octanol–water partition coefficient (Wildman–Crippen LogP) is 4.43. The van der Waals surface area contributed by atoms with Gasteiger partial charge in [-0.25, -0.2) is 4.39 Å². The average Bonchev–Trinajstić information content (AvgIpc) is 3.11. The van der Waals surface area contributed by atoms with Crippen LogP contribution >= 0.6 is 0 Å². The SMILES string of the molecule is CC.CCCNC(=O)c1c(C)[nH]c(/C=C2\C(=O)Nc3ccc(F)cc32)c1C. The molecule has 0 bridgehead atoms. The number of rotatable bonds is 4. The number of halogens is 1. The maximum atomic E-state index is 13.5. The van der Waals surface area contributed by atoms with Crippen LogP contribution in [0.3, 0.4) is 0 Å². The third-order valence-electron chi connectivity index (χ3n) is 4.29. The smallest absolute Gasteiger partial charge is 0.256 e. The minimum absolute atomic E-state index is 0.139. The molecule has 0 aliphatic carbocycles. The lowest BCUT2D eigenvalue weighted by Gasteiger charge is -2.04. The summed E-state index contributed by atoms with van der Waals surface area (Å²) < 4.78 is 13.5. The summed E-state index contributed by atoms with van der Waals surface area (Å²) in [5.41, 5.74) is 4.22. The molecule has 27 heavy (non-hydrogen) atoms. The minimum Gasteiger partial charge on any atom is -0.358 e. The first-order valence-corrected chi connectivity index (χ1v) is 9.22. The second kappa shape index (κ2) is 8.66. The molecule has 2 heterocycles. The fourth-order valence-electron chi connectivity index (χ4n) is 3.03. The number of hydrogen-bond acceptors (Lipinski definition) is 2. The van der Waals surface area contributed by atoms with E-state index < -0.39 is 5.82 Å². The summed E-state index contributed by atoms with van der Waals surface area (Å²) in [5, 5.41) is 5.58. The zero-order valence-electron chi connectivity index (χ0n) is 16.4. The molecule has 0 unspecified atom stereocenters. The second-order valence-corrected chi connectivity index (χ2v) is 6.12. The molecular formula is C21H26FN3O2. The van der Waals surface area contributed by atoms with Gasteiger partial charge in [0.2, 0.25) is 0 Å². The van der Waals surface area contributed by atoms with Gasteiger partial charge in [-0.1, -0.05) is 20.8 Å². The van der Waals surface area contributed by atoms with Gasteiger partial charge in [-0.05, 0) is 50.1 Å². The monoisotopic (exact) mass is 371 g/mol. The van der Waals surface area contributed by atoms with E-state index in [1.807, 2.05) is 34.6 Å². The van der Waals surface area contributed by atoms with E-state index in [0.717, 1.165) is 17.7 Å². The molecule has 1 aromatic carbocycles. The molecule has 1 aliphatic rings. The fourth-order valence-corrected chi connectivity index (χ4v) is 3.03. The van der Waals surface area contributed by atoms with Crippen LogP contribution in [0.15, 0.2) is 18.2 Å². The van der Waals surface area contributed by atoms with Crippen LogP contribution in [-0.2, 0) is 4.79 Å². The van der Waals surface area contributed by atoms with Gasteiger partial charge >= 0.3 is 0 Å². The normalized spacial score (nSPS) is 13.7. The van der Waals surface area contributed by atoms with Gasteiger partial charge in [0.05, 0.1) is 11.1 Å². The van der Waals surface area contributed by atoms with Crippen molar-refractivity contribution < 1.29 is 14.0 Å². The summed E-state index contributed by atoms with van der Waals surface area (Å²) in [6, 6.07) is 4.18. The Kier molecular flexibility index (Phi) is 6.55. The molecule has 0 saturated carbocycles. The van der Waals surface area contributed by atoms with Crippen LogP contribution in [-0.4, -0.2) is 23.3 Å². The van der Waals surface area contributed by atoms with Crippen molar-refractivity contribution in [3.05, 3.63) is 52.1 Å². The number of aromatic nitrogens is 1. The highest BCUT2D eigenvalue weighted by Gasteiger charge is 2.26. The molecule has 0 spiro atoms. The topological polar surface area (TPSA) is 74.0 Å². The Bertz CT molecular complexity index is 897. The number of fused-ring (bicyclic) bond motifs is 1. The van der Waals surface area contributed by atoms with Crippen LogP contribution in [0.4, 0.5) is 10.1 Å². The molecule has 0 radical (unpaired) electrons. The van der Waals surface area contributed by atoms with Crippen LogP contribution in [0.5, 0.6) is 0 Å². The van der Waals surface area contributed by atoms with Crippen molar-refractivity contribution in [1.29, 1.82) is 0 Å². The standard InChI is InChI=1S/C19H20FN3O2.C2H6/c1-4-7-21-19(25)17-10(2)16(22-11(17)3)9-14-13-8-12(20)5-6-15(13)23-18(14)24;1-2/h5-6,8-9,22H,4,7H2,1-3H3,(H,21,25)(H,23,24);1-2H3/b14-9-;. The first kappa shape index (κ1) is 20.4. The molecule has 1 aliphatic heterocycles. The van der Waals surface area contributed by atoms with Gasteiger partial charge in [0.15, 0.2) is 0 Å². The Labute approximate surface area is 159 Å². The molecule has 1 aromatic heterocycles. The Hall–Kier alpha value is -2.89.